The first-order chi connectivity index (χ1) is 13.3. The van der Waals surface area contributed by atoms with E-state index in [0.717, 1.165) is 10.0 Å². The summed E-state index contributed by atoms with van der Waals surface area (Å²) in [4.78, 5) is 13.8. The van der Waals surface area contributed by atoms with Crippen LogP contribution in [0.4, 0.5) is 0 Å². The van der Waals surface area contributed by atoms with Crippen molar-refractivity contribution in [1.29, 1.82) is 0 Å². The minimum absolute atomic E-state index is 0.104. The number of halogens is 1. The fraction of sp³-hybridized carbons (Fsp3) is 0.316. The summed E-state index contributed by atoms with van der Waals surface area (Å²) >= 11 is 3.33. The number of benzene rings is 2. The van der Waals surface area contributed by atoms with Gasteiger partial charge in [0.05, 0.1) is 0 Å². The third-order valence-corrected chi connectivity index (χ3v) is 6.96. The van der Waals surface area contributed by atoms with E-state index in [0.29, 0.717) is 5.75 Å². The highest BCUT2D eigenvalue weighted by Crippen LogP contribution is 2.27. The normalized spacial score (nSPS) is 15.4. The molecule has 150 valence electrons. The zero-order valence-corrected chi connectivity index (χ0v) is 17.7. The minimum Gasteiger partial charge on any atom is -0.507 e. The van der Waals surface area contributed by atoms with Gasteiger partial charge in [0.2, 0.25) is 10.0 Å². The number of rotatable bonds is 5. The molecule has 2 aromatic rings. The number of sulfonamides is 1. The lowest BCUT2D eigenvalue weighted by Crippen LogP contribution is -2.51. The van der Waals surface area contributed by atoms with Crippen LogP contribution in [0.15, 0.2) is 51.8 Å². The maximum Gasteiger partial charge on any atom is 0.260 e. The molecule has 3 rings (SSSR count). The molecule has 1 N–H and O–H groups in total. The molecular weight excluding hydrogens is 448 g/mol. The highest BCUT2D eigenvalue weighted by atomic mass is 79.9. The minimum atomic E-state index is -3.81. The summed E-state index contributed by atoms with van der Waals surface area (Å²) < 4.78 is 33.3. The number of phenols is 1. The van der Waals surface area contributed by atoms with Gasteiger partial charge in [0, 0.05) is 30.7 Å². The summed E-state index contributed by atoms with van der Waals surface area (Å²) in [6.07, 6.45) is 0. The second-order valence-electron chi connectivity index (χ2n) is 6.50. The Labute approximate surface area is 172 Å². The number of piperazine rings is 1. The van der Waals surface area contributed by atoms with Crippen LogP contribution < -0.4 is 4.74 Å². The Morgan fingerprint density at radius 3 is 2.39 bits per heavy atom. The highest BCUT2D eigenvalue weighted by Gasteiger charge is 2.31. The molecule has 1 amide bonds. The Kier molecular flexibility index (Phi) is 6.26. The van der Waals surface area contributed by atoms with E-state index >= 15 is 0 Å². The lowest BCUT2D eigenvalue weighted by atomic mass is 10.2. The van der Waals surface area contributed by atoms with Crippen molar-refractivity contribution in [1.82, 2.24) is 9.21 Å². The van der Waals surface area contributed by atoms with Crippen LogP contribution in [-0.4, -0.2) is 61.4 Å². The molecule has 1 aliphatic rings. The molecule has 9 heteroatoms. The largest absolute Gasteiger partial charge is 0.507 e. The van der Waals surface area contributed by atoms with Crippen LogP contribution in [0.2, 0.25) is 0 Å². The van der Waals surface area contributed by atoms with Crippen molar-refractivity contribution in [2.45, 2.75) is 11.8 Å². The third kappa shape index (κ3) is 4.65. The smallest absolute Gasteiger partial charge is 0.260 e. The van der Waals surface area contributed by atoms with Gasteiger partial charge in [-0.25, -0.2) is 8.42 Å². The van der Waals surface area contributed by atoms with Gasteiger partial charge in [0.15, 0.2) is 6.61 Å². The number of aryl methyl sites for hydroxylation is 1. The number of ether oxygens (including phenoxy) is 1. The summed E-state index contributed by atoms with van der Waals surface area (Å²) in [5, 5.41) is 9.95. The number of hydrogen-bond donors (Lipinski definition) is 1. The molecule has 1 heterocycles. The van der Waals surface area contributed by atoms with Crippen molar-refractivity contribution in [3.05, 3.63) is 52.5 Å². The number of amides is 1. The molecule has 0 unspecified atom stereocenters. The Morgan fingerprint density at radius 2 is 1.75 bits per heavy atom. The fourth-order valence-electron chi connectivity index (χ4n) is 2.91. The monoisotopic (exact) mass is 468 g/mol. The third-order valence-electron chi connectivity index (χ3n) is 4.50. The maximum absolute atomic E-state index is 12.8. The van der Waals surface area contributed by atoms with Crippen LogP contribution in [0.3, 0.4) is 0 Å². The van der Waals surface area contributed by atoms with E-state index < -0.39 is 10.0 Å². The van der Waals surface area contributed by atoms with E-state index in [1.54, 1.807) is 30.0 Å². The highest BCUT2D eigenvalue weighted by molar-refractivity contribution is 9.10. The van der Waals surface area contributed by atoms with Crippen LogP contribution in [0.5, 0.6) is 11.5 Å². The lowest BCUT2D eigenvalue weighted by molar-refractivity contribution is -0.134. The molecule has 0 bridgehead atoms. The van der Waals surface area contributed by atoms with Gasteiger partial charge in [-0.1, -0.05) is 22.0 Å². The van der Waals surface area contributed by atoms with Gasteiger partial charge < -0.3 is 14.7 Å². The SMILES string of the molecule is Cc1ccc(O)c(S(=O)(=O)N2CCN(C(=O)COc3ccc(Br)cc3)CC2)c1. The van der Waals surface area contributed by atoms with E-state index in [4.69, 9.17) is 4.74 Å². The van der Waals surface area contributed by atoms with E-state index in [9.17, 15) is 18.3 Å². The number of carbonyl (C=O) groups is 1. The van der Waals surface area contributed by atoms with Gasteiger partial charge in [-0.05, 0) is 48.9 Å². The van der Waals surface area contributed by atoms with Crippen molar-refractivity contribution in [2.75, 3.05) is 32.8 Å². The Morgan fingerprint density at radius 1 is 1.11 bits per heavy atom. The molecule has 2 aromatic carbocycles. The first kappa shape index (κ1) is 20.6. The second-order valence-corrected chi connectivity index (χ2v) is 9.32. The number of phenolic OH excluding ortho intramolecular Hbond substituents is 1. The Balaban J connectivity index is 1.58. The molecule has 0 aromatic heterocycles. The number of aromatic hydroxyl groups is 1. The van der Waals surface area contributed by atoms with Gasteiger partial charge in [-0.2, -0.15) is 4.31 Å². The molecular formula is C19H21BrN2O5S. The van der Waals surface area contributed by atoms with Gasteiger partial charge >= 0.3 is 0 Å². The summed E-state index contributed by atoms with van der Waals surface area (Å²) in [5.74, 6) is 0.123. The van der Waals surface area contributed by atoms with Crippen LogP contribution >= 0.6 is 15.9 Å². The lowest BCUT2D eigenvalue weighted by Gasteiger charge is -2.34. The molecule has 0 atom stereocenters. The number of carbonyl (C=O) groups excluding carboxylic acids is 1. The van der Waals surface area contributed by atoms with E-state index in [1.165, 1.54) is 16.4 Å². The van der Waals surface area contributed by atoms with Crippen LogP contribution in [0.1, 0.15) is 5.56 Å². The molecule has 0 spiro atoms. The molecule has 1 saturated heterocycles. The Bertz CT molecular complexity index is 955. The summed E-state index contributed by atoms with van der Waals surface area (Å²) in [5.41, 5.74) is 0.746. The first-order valence-corrected chi connectivity index (χ1v) is 11.0. The van der Waals surface area contributed by atoms with Crippen LogP contribution in [0.25, 0.3) is 0 Å². The summed E-state index contributed by atoms with van der Waals surface area (Å²) in [6, 6.07) is 11.6. The number of hydrogen-bond acceptors (Lipinski definition) is 5. The number of nitrogens with zero attached hydrogens (tertiary/aromatic N) is 2. The molecule has 0 radical (unpaired) electrons. The van der Waals surface area contributed by atoms with Crippen molar-refractivity contribution in [3.63, 3.8) is 0 Å². The standard InChI is InChI=1S/C19H21BrN2O5S/c1-14-2-7-17(23)18(12-14)28(25,26)22-10-8-21(9-11-22)19(24)13-27-16-5-3-15(20)4-6-16/h2-7,12,23H,8-11,13H2,1H3. The van der Waals surface area contributed by atoms with Crippen LogP contribution in [-0.2, 0) is 14.8 Å². The van der Waals surface area contributed by atoms with Crippen molar-refractivity contribution >= 4 is 31.9 Å². The molecule has 1 aliphatic heterocycles. The molecule has 7 nitrogen and oxygen atoms in total. The summed E-state index contributed by atoms with van der Waals surface area (Å²) in [7, 11) is -3.81. The van der Waals surface area contributed by atoms with Gasteiger partial charge in [-0.3, -0.25) is 4.79 Å². The van der Waals surface area contributed by atoms with Gasteiger partial charge in [0.25, 0.3) is 5.91 Å². The van der Waals surface area contributed by atoms with Crippen molar-refractivity contribution in [2.24, 2.45) is 0 Å². The van der Waals surface area contributed by atoms with Gasteiger partial charge in [0.1, 0.15) is 16.4 Å². The summed E-state index contributed by atoms with van der Waals surface area (Å²) in [6.45, 7) is 2.54. The van der Waals surface area contributed by atoms with E-state index in [1.807, 2.05) is 12.1 Å². The molecule has 0 aliphatic carbocycles. The molecule has 1 fully saturated rings. The first-order valence-electron chi connectivity index (χ1n) is 8.73. The van der Waals surface area contributed by atoms with Crippen LogP contribution in [0, 0.1) is 6.92 Å². The zero-order valence-electron chi connectivity index (χ0n) is 15.3. The predicted octanol–water partition coefficient (Wildman–Crippen LogP) is 2.38. The van der Waals surface area contributed by atoms with E-state index in [2.05, 4.69) is 15.9 Å². The average molecular weight is 469 g/mol. The Hall–Kier alpha value is -2.10. The average Bonchev–Trinajstić information content (AvgIpc) is 2.69. The topological polar surface area (TPSA) is 87.2 Å². The second kappa shape index (κ2) is 8.50. The molecule has 0 saturated carbocycles. The van der Waals surface area contributed by atoms with Crippen molar-refractivity contribution < 1.29 is 23.1 Å². The van der Waals surface area contributed by atoms with Gasteiger partial charge in [-0.15, -0.1) is 0 Å². The van der Waals surface area contributed by atoms with E-state index in [-0.39, 0.29) is 49.3 Å². The molecule has 28 heavy (non-hydrogen) atoms. The fourth-order valence-corrected chi connectivity index (χ4v) is 4.77. The quantitative estimate of drug-likeness (QED) is 0.727. The predicted molar refractivity (Wildman–Crippen MR) is 108 cm³/mol. The van der Waals surface area contributed by atoms with Crippen molar-refractivity contribution in [3.8, 4) is 11.5 Å². The zero-order chi connectivity index (χ0) is 20.3. The maximum atomic E-state index is 12.8.